The van der Waals surface area contributed by atoms with Gasteiger partial charge in [0.1, 0.15) is 5.75 Å². The Balaban J connectivity index is 2.11. The van der Waals surface area contributed by atoms with Crippen LogP contribution in [0.1, 0.15) is 12.0 Å². The Morgan fingerprint density at radius 1 is 1.44 bits per heavy atom. The van der Waals surface area contributed by atoms with Gasteiger partial charge >= 0.3 is 5.97 Å². The number of carbonyl (C=O) groups is 1. The van der Waals surface area contributed by atoms with Crippen molar-refractivity contribution in [3.63, 3.8) is 0 Å². The monoisotopic (exact) mass is 251 g/mol. The second-order valence-electron chi connectivity index (χ2n) is 4.56. The summed E-state index contributed by atoms with van der Waals surface area (Å²) in [4.78, 5) is 12.8. The highest BCUT2D eigenvalue weighted by atomic mass is 16.4. The molecular weight excluding hydrogens is 234 g/mol. The zero-order valence-corrected chi connectivity index (χ0v) is 10.0. The molecule has 0 saturated carbocycles. The molecular formula is C13H17NO4. The number of anilines is 1. The van der Waals surface area contributed by atoms with Crippen LogP contribution in [0.3, 0.4) is 0 Å². The number of phenols is 1. The fourth-order valence-electron chi connectivity index (χ4n) is 2.28. The van der Waals surface area contributed by atoms with E-state index < -0.39 is 5.97 Å². The van der Waals surface area contributed by atoms with Crippen molar-refractivity contribution in [2.75, 3.05) is 24.6 Å². The van der Waals surface area contributed by atoms with E-state index in [1.165, 1.54) is 0 Å². The maximum absolute atomic E-state index is 10.9. The number of aliphatic carboxylic acids is 1. The quantitative estimate of drug-likeness (QED) is 0.738. The number of nitrogens with zero attached hydrogens (tertiary/aromatic N) is 1. The summed E-state index contributed by atoms with van der Waals surface area (Å²) in [6, 6.07) is 5.26. The molecule has 98 valence electrons. The minimum Gasteiger partial charge on any atom is -0.508 e. The molecule has 0 radical (unpaired) electrons. The summed E-state index contributed by atoms with van der Waals surface area (Å²) in [5, 5.41) is 27.6. The highest BCUT2D eigenvalue weighted by Crippen LogP contribution is 2.29. The predicted molar refractivity (Wildman–Crippen MR) is 66.9 cm³/mol. The summed E-state index contributed by atoms with van der Waals surface area (Å²) in [5.74, 6) is -0.941. The lowest BCUT2D eigenvalue weighted by molar-refractivity contribution is -0.140. The zero-order chi connectivity index (χ0) is 13.1. The molecule has 0 aliphatic carbocycles. The van der Waals surface area contributed by atoms with Crippen LogP contribution in [0.2, 0.25) is 0 Å². The molecule has 1 aromatic rings. The molecule has 1 aliphatic heterocycles. The van der Waals surface area contributed by atoms with Gasteiger partial charge in [-0.2, -0.15) is 0 Å². The van der Waals surface area contributed by atoms with E-state index in [4.69, 9.17) is 10.2 Å². The third-order valence-corrected chi connectivity index (χ3v) is 3.35. The summed E-state index contributed by atoms with van der Waals surface area (Å²) in [7, 11) is 0. The Labute approximate surface area is 105 Å². The molecule has 0 amide bonds. The van der Waals surface area contributed by atoms with Gasteiger partial charge in [-0.05, 0) is 24.5 Å². The fourth-order valence-corrected chi connectivity index (χ4v) is 2.28. The molecule has 1 heterocycles. The Kier molecular flexibility index (Phi) is 3.72. The van der Waals surface area contributed by atoms with Crippen LogP contribution in [0.5, 0.6) is 5.75 Å². The smallest absolute Gasteiger partial charge is 0.308 e. The van der Waals surface area contributed by atoms with Gasteiger partial charge in [0.05, 0.1) is 5.92 Å². The molecule has 18 heavy (non-hydrogen) atoms. The van der Waals surface area contributed by atoms with Gasteiger partial charge in [-0.25, -0.2) is 0 Å². The summed E-state index contributed by atoms with van der Waals surface area (Å²) in [5.41, 5.74) is 1.54. The van der Waals surface area contributed by atoms with Gasteiger partial charge in [0.25, 0.3) is 0 Å². The number of aromatic hydroxyl groups is 1. The molecule has 1 saturated heterocycles. The number of aliphatic hydroxyl groups excluding tert-OH is 1. The van der Waals surface area contributed by atoms with E-state index >= 15 is 0 Å². The summed E-state index contributed by atoms with van der Waals surface area (Å²) in [6.07, 6.45) is 1.05. The molecule has 2 rings (SSSR count). The van der Waals surface area contributed by atoms with Crippen LogP contribution in [0.25, 0.3) is 0 Å². The van der Waals surface area contributed by atoms with E-state index in [1.807, 2.05) is 11.0 Å². The second kappa shape index (κ2) is 5.27. The lowest BCUT2D eigenvalue weighted by Crippen LogP contribution is -2.22. The zero-order valence-electron chi connectivity index (χ0n) is 10.0. The van der Waals surface area contributed by atoms with Crippen molar-refractivity contribution in [3.05, 3.63) is 23.8 Å². The minimum absolute atomic E-state index is 0.00227. The fraction of sp³-hybridized carbons (Fsp3) is 0.462. The van der Waals surface area contributed by atoms with E-state index in [-0.39, 0.29) is 18.3 Å². The first-order valence-corrected chi connectivity index (χ1v) is 6.02. The first kappa shape index (κ1) is 12.7. The van der Waals surface area contributed by atoms with Gasteiger partial charge in [-0.15, -0.1) is 0 Å². The van der Waals surface area contributed by atoms with Crippen molar-refractivity contribution < 1.29 is 20.1 Å². The Bertz CT molecular complexity index is 447. The number of carboxylic acids is 1. The number of hydrogen-bond donors (Lipinski definition) is 3. The Hall–Kier alpha value is -1.75. The van der Waals surface area contributed by atoms with Gasteiger partial charge < -0.3 is 20.2 Å². The van der Waals surface area contributed by atoms with Crippen LogP contribution in [-0.2, 0) is 11.2 Å². The van der Waals surface area contributed by atoms with Crippen molar-refractivity contribution in [2.45, 2.75) is 12.8 Å². The highest BCUT2D eigenvalue weighted by molar-refractivity contribution is 5.72. The molecule has 1 unspecified atom stereocenters. The number of rotatable bonds is 4. The Morgan fingerprint density at radius 2 is 2.22 bits per heavy atom. The van der Waals surface area contributed by atoms with Gasteiger partial charge in [0, 0.05) is 31.5 Å². The third kappa shape index (κ3) is 2.56. The number of hydrogen-bond acceptors (Lipinski definition) is 4. The molecule has 1 atom stereocenters. The first-order valence-electron chi connectivity index (χ1n) is 6.02. The molecule has 0 bridgehead atoms. The predicted octanol–water partition coefficient (Wildman–Crippen LogP) is 0.838. The van der Waals surface area contributed by atoms with Crippen LogP contribution in [0, 0.1) is 5.92 Å². The van der Waals surface area contributed by atoms with Gasteiger partial charge in [0.2, 0.25) is 0 Å². The molecule has 0 spiro atoms. The summed E-state index contributed by atoms with van der Waals surface area (Å²) < 4.78 is 0. The minimum atomic E-state index is -0.765. The van der Waals surface area contributed by atoms with Crippen molar-refractivity contribution in [1.29, 1.82) is 0 Å². The number of carboxylic acid groups (broad SMARTS) is 1. The van der Waals surface area contributed by atoms with Crippen molar-refractivity contribution in [1.82, 2.24) is 0 Å². The number of benzene rings is 1. The normalized spacial score (nSPS) is 19.2. The molecule has 1 aromatic carbocycles. The topological polar surface area (TPSA) is 81.0 Å². The molecule has 1 aliphatic rings. The molecule has 3 N–H and O–H groups in total. The largest absolute Gasteiger partial charge is 0.508 e. The molecule has 0 aromatic heterocycles. The van der Waals surface area contributed by atoms with Crippen molar-refractivity contribution in [3.8, 4) is 5.75 Å². The van der Waals surface area contributed by atoms with Crippen LogP contribution < -0.4 is 4.90 Å². The summed E-state index contributed by atoms with van der Waals surface area (Å²) in [6.45, 7) is 1.17. The standard InChI is InChI=1S/C13H17NO4/c15-6-4-9-1-2-11(7-12(9)16)14-5-3-10(8-14)13(17)18/h1-2,7,10,15-16H,3-6,8H2,(H,17,18). The Morgan fingerprint density at radius 3 is 2.78 bits per heavy atom. The number of phenolic OH excluding ortho intramolecular Hbond substituents is 1. The maximum atomic E-state index is 10.9. The molecule has 1 fully saturated rings. The van der Waals surface area contributed by atoms with Gasteiger partial charge in [-0.1, -0.05) is 6.07 Å². The van der Waals surface area contributed by atoms with Crippen LogP contribution in [0.15, 0.2) is 18.2 Å². The van der Waals surface area contributed by atoms with Crippen LogP contribution in [-0.4, -0.2) is 41.0 Å². The van der Waals surface area contributed by atoms with E-state index in [2.05, 4.69) is 0 Å². The van der Waals surface area contributed by atoms with Crippen molar-refractivity contribution >= 4 is 11.7 Å². The average Bonchev–Trinajstić information content (AvgIpc) is 2.81. The van der Waals surface area contributed by atoms with E-state index in [0.717, 1.165) is 5.69 Å². The van der Waals surface area contributed by atoms with Crippen molar-refractivity contribution in [2.24, 2.45) is 5.92 Å². The third-order valence-electron chi connectivity index (χ3n) is 3.35. The lowest BCUT2D eigenvalue weighted by atomic mass is 10.1. The average molecular weight is 251 g/mol. The lowest BCUT2D eigenvalue weighted by Gasteiger charge is -2.19. The molecule has 5 heteroatoms. The highest BCUT2D eigenvalue weighted by Gasteiger charge is 2.28. The van der Waals surface area contributed by atoms with Crippen LogP contribution in [0.4, 0.5) is 5.69 Å². The van der Waals surface area contributed by atoms with E-state index in [0.29, 0.717) is 31.5 Å². The van der Waals surface area contributed by atoms with Gasteiger partial charge in [-0.3, -0.25) is 4.79 Å². The van der Waals surface area contributed by atoms with E-state index in [9.17, 15) is 9.90 Å². The van der Waals surface area contributed by atoms with Gasteiger partial charge in [0.15, 0.2) is 0 Å². The van der Waals surface area contributed by atoms with Crippen LogP contribution >= 0.6 is 0 Å². The van der Waals surface area contributed by atoms with E-state index in [1.54, 1.807) is 12.1 Å². The first-order chi connectivity index (χ1) is 8.61. The number of aliphatic hydroxyl groups is 1. The second-order valence-corrected chi connectivity index (χ2v) is 4.56. The maximum Gasteiger partial charge on any atom is 0.308 e. The summed E-state index contributed by atoms with van der Waals surface area (Å²) >= 11 is 0. The SMILES string of the molecule is O=C(O)C1CCN(c2ccc(CCO)c(O)c2)C1. The molecule has 5 nitrogen and oxygen atoms in total.